The van der Waals surface area contributed by atoms with Crippen LogP contribution in [-0.2, 0) is 0 Å². The number of aryl methyl sites for hydroxylation is 1. The lowest BCUT2D eigenvalue weighted by atomic mass is 10.4. The summed E-state index contributed by atoms with van der Waals surface area (Å²) in [5.74, 6) is -0.906. The van der Waals surface area contributed by atoms with Gasteiger partial charge in [0.15, 0.2) is 5.13 Å². The molecule has 6 heteroatoms. The van der Waals surface area contributed by atoms with Crippen LogP contribution < -0.4 is 5.32 Å². The largest absolute Gasteiger partial charge is 0.477 e. The number of aromatic carboxylic acids is 1. The Kier molecular flexibility index (Phi) is 4.70. The van der Waals surface area contributed by atoms with Crippen molar-refractivity contribution in [3.8, 4) is 0 Å². The number of nitrogens with zero attached hydrogens (tertiary/aromatic N) is 2. The zero-order valence-electron chi connectivity index (χ0n) is 9.78. The molecule has 0 amide bonds. The molecule has 1 heterocycles. The topological polar surface area (TPSA) is 65.5 Å². The van der Waals surface area contributed by atoms with Crippen LogP contribution >= 0.6 is 11.3 Å². The van der Waals surface area contributed by atoms with Crippen molar-refractivity contribution in [3.63, 3.8) is 0 Å². The van der Waals surface area contributed by atoms with E-state index >= 15 is 0 Å². The number of carboxylic acids is 1. The Balaban J connectivity index is 2.43. The molecule has 0 spiro atoms. The Bertz CT molecular complexity index is 363. The van der Waals surface area contributed by atoms with Crippen LogP contribution in [0.2, 0.25) is 0 Å². The first-order valence-electron chi connectivity index (χ1n) is 5.10. The van der Waals surface area contributed by atoms with E-state index in [9.17, 15) is 4.79 Å². The molecular formula is C10H17N3O2S. The van der Waals surface area contributed by atoms with E-state index in [1.807, 2.05) is 14.1 Å². The maximum absolute atomic E-state index is 10.8. The van der Waals surface area contributed by atoms with E-state index in [4.69, 9.17) is 5.11 Å². The molecule has 0 fully saturated rings. The number of hydrogen-bond acceptors (Lipinski definition) is 5. The molecule has 2 N–H and O–H groups in total. The highest BCUT2D eigenvalue weighted by Crippen LogP contribution is 2.22. The van der Waals surface area contributed by atoms with Crippen molar-refractivity contribution in [3.05, 3.63) is 10.6 Å². The zero-order chi connectivity index (χ0) is 12.1. The second kappa shape index (κ2) is 5.81. The number of carboxylic acid groups (broad SMARTS) is 1. The minimum atomic E-state index is -0.906. The smallest absolute Gasteiger partial charge is 0.347 e. The van der Waals surface area contributed by atoms with Crippen molar-refractivity contribution in [2.45, 2.75) is 13.3 Å². The summed E-state index contributed by atoms with van der Waals surface area (Å²) in [5.41, 5.74) is 0.576. The summed E-state index contributed by atoms with van der Waals surface area (Å²) in [7, 11) is 4.05. The molecule has 1 aromatic rings. The third-order valence-corrected chi connectivity index (χ3v) is 3.15. The average molecular weight is 243 g/mol. The highest BCUT2D eigenvalue weighted by atomic mass is 32.1. The van der Waals surface area contributed by atoms with Gasteiger partial charge in [-0.15, -0.1) is 0 Å². The van der Waals surface area contributed by atoms with Crippen LogP contribution in [0.25, 0.3) is 0 Å². The molecule has 0 saturated carbocycles. The maximum atomic E-state index is 10.8. The van der Waals surface area contributed by atoms with E-state index in [0.29, 0.717) is 15.7 Å². The van der Waals surface area contributed by atoms with Crippen LogP contribution in [0.15, 0.2) is 0 Å². The van der Waals surface area contributed by atoms with E-state index in [-0.39, 0.29) is 0 Å². The van der Waals surface area contributed by atoms with Crippen LogP contribution in [0, 0.1) is 6.92 Å². The Morgan fingerprint density at radius 1 is 1.56 bits per heavy atom. The van der Waals surface area contributed by atoms with Gasteiger partial charge in [0, 0.05) is 6.54 Å². The summed E-state index contributed by atoms with van der Waals surface area (Å²) < 4.78 is 0. The van der Waals surface area contributed by atoms with Gasteiger partial charge in [0.2, 0.25) is 0 Å². The van der Waals surface area contributed by atoms with Gasteiger partial charge in [-0.05, 0) is 34.0 Å². The molecule has 0 aromatic carbocycles. The SMILES string of the molecule is Cc1nc(NCCCN(C)C)sc1C(=O)O. The van der Waals surface area contributed by atoms with Crippen molar-refractivity contribution in [1.82, 2.24) is 9.88 Å². The van der Waals surface area contributed by atoms with Crippen LogP contribution in [0.4, 0.5) is 5.13 Å². The van der Waals surface area contributed by atoms with Gasteiger partial charge >= 0.3 is 5.97 Å². The molecule has 0 bridgehead atoms. The lowest BCUT2D eigenvalue weighted by Crippen LogP contribution is -2.16. The van der Waals surface area contributed by atoms with Crippen molar-refractivity contribution < 1.29 is 9.90 Å². The molecular weight excluding hydrogens is 226 g/mol. The number of anilines is 1. The number of thiazole rings is 1. The summed E-state index contributed by atoms with van der Waals surface area (Å²) >= 11 is 1.19. The van der Waals surface area contributed by atoms with Crippen LogP contribution in [0.5, 0.6) is 0 Å². The van der Waals surface area contributed by atoms with Crippen molar-refractivity contribution in [1.29, 1.82) is 0 Å². The summed E-state index contributed by atoms with van der Waals surface area (Å²) in [6.45, 7) is 3.53. The number of rotatable bonds is 6. The van der Waals surface area contributed by atoms with Gasteiger partial charge in [-0.3, -0.25) is 0 Å². The number of carbonyl (C=O) groups is 1. The first-order chi connectivity index (χ1) is 7.50. The van der Waals surface area contributed by atoms with Crippen LogP contribution in [0.1, 0.15) is 21.8 Å². The van der Waals surface area contributed by atoms with Gasteiger partial charge in [-0.25, -0.2) is 9.78 Å². The minimum Gasteiger partial charge on any atom is -0.477 e. The summed E-state index contributed by atoms with van der Waals surface area (Å²) in [6.07, 6.45) is 1.01. The van der Waals surface area contributed by atoms with Crippen molar-refractivity contribution >= 4 is 22.4 Å². The Morgan fingerprint density at radius 3 is 2.75 bits per heavy atom. The zero-order valence-corrected chi connectivity index (χ0v) is 10.6. The van der Waals surface area contributed by atoms with Crippen LogP contribution in [-0.4, -0.2) is 48.1 Å². The fraction of sp³-hybridized carbons (Fsp3) is 0.600. The summed E-state index contributed by atoms with van der Waals surface area (Å²) in [4.78, 5) is 17.4. The number of aromatic nitrogens is 1. The Hall–Kier alpha value is -1.14. The quantitative estimate of drug-likeness (QED) is 0.741. The van der Waals surface area contributed by atoms with E-state index in [1.54, 1.807) is 6.92 Å². The van der Waals surface area contributed by atoms with Gasteiger partial charge in [0.05, 0.1) is 5.69 Å². The van der Waals surface area contributed by atoms with Crippen molar-refractivity contribution in [2.24, 2.45) is 0 Å². The second-order valence-electron chi connectivity index (χ2n) is 3.82. The lowest BCUT2D eigenvalue weighted by Gasteiger charge is -2.08. The molecule has 0 atom stereocenters. The fourth-order valence-electron chi connectivity index (χ4n) is 1.26. The Labute approximate surface area is 99.1 Å². The predicted octanol–water partition coefficient (Wildman–Crippen LogP) is 1.51. The van der Waals surface area contributed by atoms with Gasteiger partial charge in [-0.2, -0.15) is 0 Å². The first kappa shape index (κ1) is 12.9. The fourth-order valence-corrected chi connectivity index (χ4v) is 2.09. The molecule has 0 aliphatic heterocycles. The van der Waals surface area contributed by atoms with E-state index < -0.39 is 5.97 Å². The molecule has 5 nitrogen and oxygen atoms in total. The molecule has 90 valence electrons. The van der Waals surface area contributed by atoms with E-state index in [0.717, 1.165) is 19.5 Å². The summed E-state index contributed by atoms with van der Waals surface area (Å²) in [6, 6.07) is 0. The predicted molar refractivity (Wildman–Crippen MR) is 65.5 cm³/mol. The Morgan fingerprint density at radius 2 is 2.25 bits per heavy atom. The molecule has 0 saturated heterocycles. The monoisotopic (exact) mass is 243 g/mol. The summed E-state index contributed by atoms with van der Waals surface area (Å²) in [5, 5.41) is 12.7. The van der Waals surface area contributed by atoms with Gasteiger partial charge in [0.25, 0.3) is 0 Å². The standard InChI is InChI=1S/C10H17N3O2S/c1-7-8(9(14)15)16-10(12-7)11-5-4-6-13(2)3/h4-6H2,1-3H3,(H,11,12)(H,14,15). The maximum Gasteiger partial charge on any atom is 0.347 e. The molecule has 16 heavy (non-hydrogen) atoms. The molecule has 0 aliphatic carbocycles. The minimum absolute atomic E-state index is 0.315. The molecule has 1 rings (SSSR count). The van der Waals surface area contributed by atoms with Gasteiger partial charge in [0.1, 0.15) is 4.88 Å². The third kappa shape index (κ3) is 3.79. The molecule has 0 radical (unpaired) electrons. The number of hydrogen-bond donors (Lipinski definition) is 2. The highest BCUT2D eigenvalue weighted by molar-refractivity contribution is 7.17. The second-order valence-corrected chi connectivity index (χ2v) is 4.82. The van der Waals surface area contributed by atoms with Gasteiger partial charge < -0.3 is 15.3 Å². The van der Waals surface area contributed by atoms with Gasteiger partial charge in [-0.1, -0.05) is 11.3 Å². The third-order valence-electron chi connectivity index (χ3n) is 2.05. The first-order valence-corrected chi connectivity index (χ1v) is 5.91. The van der Waals surface area contributed by atoms with Crippen molar-refractivity contribution in [2.75, 3.05) is 32.5 Å². The highest BCUT2D eigenvalue weighted by Gasteiger charge is 2.13. The lowest BCUT2D eigenvalue weighted by molar-refractivity contribution is 0.0701. The van der Waals surface area contributed by atoms with Crippen LogP contribution in [0.3, 0.4) is 0 Å². The van der Waals surface area contributed by atoms with E-state index in [1.165, 1.54) is 11.3 Å². The number of nitrogens with one attached hydrogen (secondary N) is 1. The normalized spacial score (nSPS) is 10.8. The molecule has 0 unspecified atom stereocenters. The molecule has 0 aliphatic rings. The average Bonchev–Trinajstić information content (AvgIpc) is 2.54. The van der Waals surface area contributed by atoms with E-state index in [2.05, 4.69) is 15.2 Å². The molecule has 1 aromatic heterocycles.